The molecule has 0 bridgehead atoms. The molecule has 0 heterocycles. The molecule has 1 rings (SSSR count). The van der Waals surface area contributed by atoms with Crippen molar-refractivity contribution in [1.82, 2.24) is 5.32 Å². The number of carbonyl (C=O) groups is 1. The van der Waals surface area contributed by atoms with Crippen LogP contribution < -0.4 is 11.1 Å². The molecular weight excluding hydrogens is 200 g/mol. The second kappa shape index (κ2) is 6.89. The van der Waals surface area contributed by atoms with Crippen molar-refractivity contribution in [3.8, 4) is 0 Å². The Bertz CT molecular complexity index is 218. The van der Waals surface area contributed by atoms with E-state index in [0.29, 0.717) is 12.5 Å². The lowest BCUT2D eigenvalue weighted by atomic mass is 9.97. The van der Waals surface area contributed by atoms with E-state index < -0.39 is 0 Å². The lowest BCUT2D eigenvalue weighted by Gasteiger charge is -2.18. The van der Waals surface area contributed by atoms with Gasteiger partial charge in [0.2, 0.25) is 5.91 Å². The van der Waals surface area contributed by atoms with E-state index in [1.54, 1.807) is 0 Å². The Morgan fingerprint density at radius 2 is 2.25 bits per heavy atom. The van der Waals surface area contributed by atoms with Crippen molar-refractivity contribution >= 4 is 5.91 Å². The maximum absolute atomic E-state index is 11.8. The fraction of sp³-hybridized carbons (Fsp3) is 0.923. The number of carbonyl (C=O) groups excluding carboxylic acids is 1. The van der Waals surface area contributed by atoms with Crippen molar-refractivity contribution in [2.75, 3.05) is 13.1 Å². The monoisotopic (exact) mass is 226 g/mol. The maximum atomic E-state index is 11.8. The Balaban J connectivity index is 2.18. The summed E-state index contributed by atoms with van der Waals surface area (Å²) in [5.41, 5.74) is 5.44. The molecule has 16 heavy (non-hydrogen) atoms. The van der Waals surface area contributed by atoms with Gasteiger partial charge in [0, 0.05) is 12.5 Å². The molecule has 0 saturated heterocycles. The van der Waals surface area contributed by atoms with Gasteiger partial charge in [-0.3, -0.25) is 4.79 Å². The van der Waals surface area contributed by atoms with Crippen molar-refractivity contribution in [1.29, 1.82) is 0 Å². The zero-order valence-electron chi connectivity index (χ0n) is 10.7. The van der Waals surface area contributed by atoms with Gasteiger partial charge in [-0.05, 0) is 37.6 Å². The van der Waals surface area contributed by atoms with E-state index in [2.05, 4.69) is 12.2 Å². The molecule has 1 fully saturated rings. The Kier molecular flexibility index (Phi) is 5.81. The second-order valence-electron chi connectivity index (χ2n) is 5.25. The standard InChI is InChI=1S/C13H26N2O/c1-10-5-3-7-12(10)9-15-13(16)11(2)6-4-8-14/h10-12H,3-9,14H2,1-2H3,(H,15,16). The molecule has 1 aliphatic rings. The molecule has 3 nitrogen and oxygen atoms in total. The highest BCUT2D eigenvalue weighted by molar-refractivity contribution is 5.78. The van der Waals surface area contributed by atoms with Crippen LogP contribution in [0.5, 0.6) is 0 Å². The molecule has 1 aliphatic carbocycles. The van der Waals surface area contributed by atoms with Crippen molar-refractivity contribution in [2.45, 2.75) is 46.0 Å². The molecule has 0 aromatic heterocycles. The summed E-state index contributed by atoms with van der Waals surface area (Å²) in [4.78, 5) is 11.8. The number of nitrogens with one attached hydrogen (secondary N) is 1. The van der Waals surface area contributed by atoms with Gasteiger partial charge in [0.25, 0.3) is 0 Å². The summed E-state index contributed by atoms with van der Waals surface area (Å²) in [5, 5.41) is 3.08. The second-order valence-corrected chi connectivity index (χ2v) is 5.25. The predicted octanol–water partition coefficient (Wildman–Crippen LogP) is 1.91. The van der Waals surface area contributed by atoms with Gasteiger partial charge in [-0.25, -0.2) is 0 Å². The molecule has 3 unspecified atom stereocenters. The van der Waals surface area contributed by atoms with Gasteiger partial charge in [-0.15, -0.1) is 0 Å². The zero-order chi connectivity index (χ0) is 12.0. The highest BCUT2D eigenvalue weighted by Gasteiger charge is 2.24. The molecular formula is C13H26N2O. The molecule has 3 N–H and O–H groups in total. The number of amides is 1. The normalized spacial score (nSPS) is 26.7. The molecule has 1 amide bonds. The van der Waals surface area contributed by atoms with Crippen molar-refractivity contribution in [2.24, 2.45) is 23.5 Å². The average Bonchev–Trinajstić information content (AvgIpc) is 2.68. The maximum Gasteiger partial charge on any atom is 0.222 e. The first-order chi connectivity index (χ1) is 7.65. The molecule has 3 heteroatoms. The summed E-state index contributed by atoms with van der Waals surface area (Å²) >= 11 is 0. The van der Waals surface area contributed by atoms with E-state index in [0.717, 1.165) is 25.3 Å². The van der Waals surface area contributed by atoms with Gasteiger partial charge in [-0.1, -0.05) is 26.7 Å². The third-order valence-electron chi connectivity index (χ3n) is 3.87. The summed E-state index contributed by atoms with van der Waals surface area (Å²) in [6.07, 6.45) is 5.77. The summed E-state index contributed by atoms with van der Waals surface area (Å²) < 4.78 is 0. The fourth-order valence-electron chi connectivity index (χ4n) is 2.49. The highest BCUT2D eigenvalue weighted by Crippen LogP contribution is 2.30. The minimum Gasteiger partial charge on any atom is -0.356 e. The summed E-state index contributed by atoms with van der Waals surface area (Å²) in [6, 6.07) is 0. The molecule has 0 aromatic rings. The van der Waals surface area contributed by atoms with E-state index in [9.17, 15) is 4.79 Å². The summed E-state index contributed by atoms with van der Waals surface area (Å²) in [5.74, 6) is 1.79. The van der Waals surface area contributed by atoms with E-state index >= 15 is 0 Å². The number of hydrogen-bond acceptors (Lipinski definition) is 2. The van der Waals surface area contributed by atoms with Crippen LogP contribution in [0.4, 0.5) is 0 Å². The Morgan fingerprint density at radius 1 is 1.50 bits per heavy atom. The SMILES string of the molecule is CC(CCCN)C(=O)NCC1CCCC1C. The number of rotatable bonds is 6. The van der Waals surface area contributed by atoms with Crippen LogP contribution in [-0.2, 0) is 4.79 Å². The minimum atomic E-state index is 0.111. The Labute approximate surface area is 99.2 Å². The van der Waals surface area contributed by atoms with Gasteiger partial charge in [0.1, 0.15) is 0 Å². The molecule has 1 saturated carbocycles. The third kappa shape index (κ3) is 4.12. The predicted molar refractivity (Wildman–Crippen MR) is 67.0 cm³/mol. The van der Waals surface area contributed by atoms with Crippen molar-refractivity contribution < 1.29 is 4.79 Å². The minimum absolute atomic E-state index is 0.111. The van der Waals surface area contributed by atoms with E-state index in [-0.39, 0.29) is 11.8 Å². The first-order valence-corrected chi connectivity index (χ1v) is 6.63. The zero-order valence-corrected chi connectivity index (χ0v) is 10.7. The van der Waals surface area contributed by atoms with Gasteiger partial charge in [-0.2, -0.15) is 0 Å². The van der Waals surface area contributed by atoms with Gasteiger partial charge in [0.05, 0.1) is 0 Å². The van der Waals surface area contributed by atoms with Crippen LogP contribution in [0, 0.1) is 17.8 Å². The van der Waals surface area contributed by atoms with Crippen molar-refractivity contribution in [3.05, 3.63) is 0 Å². The number of hydrogen-bond donors (Lipinski definition) is 2. The topological polar surface area (TPSA) is 55.1 Å². The van der Waals surface area contributed by atoms with Crippen LogP contribution in [0.25, 0.3) is 0 Å². The lowest BCUT2D eigenvalue weighted by molar-refractivity contribution is -0.124. The quantitative estimate of drug-likeness (QED) is 0.727. The first-order valence-electron chi connectivity index (χ1n) is 6.63. The van der Waals surface area contributed by atoms with Gasteiger partial charge in [0.15, 0.2) is 0 Å². The number of nitrogens with two attached hydrogens (primary N) is 1. The van der Waals surface area contributed by atoms with Crippen LogP contribution in [0.2, 0.25) is 0 Å². The third-order valence-corrected chi connectivity index (χ3v) is 3.87. The fourth-order valence-corrected chi connectivity index (χ4v) is 2.49. The van der Waals surface area contributed by atoms with Gasteiger partial charge >= 0.3 is 0 Å². The lowest BCUT2D eigenvalue weighted by Crippen LogP contribution is -2.34. The van der Waals surface area contributed by atoms with Crippen LogP contribution >= 0.6 is 0 Å². The highest BCUT2D eigenvalue weighted by atomic mass is 16.1. The molecule has 0 radical (unpaired) electrons. The van der Waals surface area contributed by atoms with Crippen LogP contribution in [-0.4, -0.2) is 19.0 Å². The smallest absolute Gasteiger partial charge is 0.222 e. The average molecular weight is 226 g/mol. The Hall–Kier alpha value is -0.570. The van der Waals surface area contributed by atoms with E-state index in [4.69, 9.17) is 5.73 Å². The van der Waals surface area contributed by atoms with Crippen LogP contribution in [0.1, 0.15) is 46.0 Å². The summed E-state index contributed by atoms with van der Waals surface area (Å²) in [7, 11) is 0. The molecule has 0 spiro atoms. The van der Waals surface area contributed by atoms with Crippen LogP contribution in [0.15, 0.2) is 0 Å². The molecule has 0 aromatic carbocycles. The Morgan fingerprint density at radius 3 is 2.81 bits per heavy atom. The molecule has 3 atom stereocenters. The molecule has 94 valence electrons. The van der Waals surface area contributed by atoms with Crippen molar-refractivity contribution in [3.63, 3.8) is 0 Å². The summed E-state index contributed by atoms with van der Waals surface area (Å²) in [6.45, 7) is 5.83. The van der Waals surface area contributed by atoms with Gasteiger partial charge < -0.3 is 11.1 Å². The molecule has 0 aliphatic heterocycles. The largest absolute Gasteiger partial charge is 0.356 e. The van der Waals surface area contributed by atoms with Crippen LogP contribution in [0.3, 0.4) is 0 Å². The van der Waals surface area contributed by atoms with E-state index in [1.165, 1.54) is 19.3 Å². The van der Waals surface area contributed by atoms with E-state index in [1.807, 2.05) is 6.92 Å². The first kappa shape index (κ1) is 13.5.